The minimum absolute atomic E-state index is 0. The second kappa shape index (κ2) is 26.4. The Bertz CT molecular complexity index is 253. The fourth-order valence-corrected chi connectivity index (χ4v) is 2.65. The number of unbranched alkanes of at least 4 members (excludes halogenated alkanes) is 14. The van der Waals surface area contributed by atoms with Crippen LogP contribution in [0.3, 0.4) is 0 Å². The average Bonchev–Trinajstić information content (AvgIpc) is 2.50. The molecule has 0 saturated heterocycles. The molecule has 1 radical (unpaired) electrons. The molecule has 0 amide bonds. The smallest absolute Gasteiger partial charge is 0.481 e. The molecule has 0 aliphatic carbocycles. The average molecular weight is 454 g/mol. The van der Waals surface area contributed by atoms with Gasteiger partial charge in [0.25, 0.3) is 0 Å². The van der Waals surface area contributed by atoms with Gasteiger partial charge < -0.3 is 20.2 Å². The summed E-state index contributed by atoms with van der Waals surface area (Å²) < 4.78 is 0. The molecule has 0 fully saturated rings. The maximum absolute atomic E-state index is 10.3. The van der Waals surface area contributed by atoms with E-state index in [4.69, 9.17) is 20.2 Å². The second-order valence-corrected chi connectivity index (χ2v) is 6.44. The monoisotopic (exact) mass is 453 g/mol. The number of hydrogen-bond donors (Lipinski definition) is 4. The van der Waals surface area contributed by atoms with Gasteiger partial charge in [-0.3, -0.25) is 4.79 Å². The summed E-state index contributed by atoms with van der Waals surface area (Å²) >= 11 is 0. The second-order valence-electron chi connectivity index (χ2n) is 6.44. The summed E-state index contributed by atoms with van der Waals surface area (Å²) in [5.74, 6) is -0.653. The molecule has 155 valence electrons. The molecule has 0 aromatic carbocycles. The third-order valence-corrected chi connectivity index (χ3v) is 3.99. The summed E-state index contributed by atoms with van der Waals surface area (Å²) in [6.07, 6.45) is 20.2. The van der Waals surface area contributed by atoms with Crippen LogP contribution in [-0.2, 0) is 27.2 Å². The van der Waals surface area contributed by atoms with Crippen molar-refractivity contribution in [1.29, 1.82) is 0 Å². The minimum atomic E-state index is -2.17. The first-order valence-corrected chi connectivity index (χ1v) is 9.76. The number of carboxylic acids is 1. The first kappa shape index (κ1) is 29.9. The van der Waals surface area contributed by atoms with Gasteiger partial charge in [-0.15, -0.1) is 0 Å². The van der Waals surface area contributed by atoms with E-state index >= 15 is 0 Å². The number of aliphatic carboxylic acids is 1. The molecule has 0 bridgehead atoms. The van der Waals surface area contributed by atoms with Crippen molar-refractivity contribution in [1.82, 2.24) is 0 Å². The van der Waals surface area contributed by atoms with Crippen molar-refractivity contribution in [3.8, 4) is 0 Å². The summed E-state index contributed by atoms with van der Waals surface area (Å²) in [4.78, 5) is 10.3. The molecule has 0 saturated carbocycles. The molecule has 5 nitrogen and oxygen atoms in total. The molecule has 0 aromatic rings. The summed E-state index contributed by atoms with van der Waals surface area (Å²) in [5.41, 5.74) is 0. The molecular weight excluding hydrogens is 415 g/mol. The van der Waals surface area contributed by atoms with E-state index in [9.17, 15) is 4.79 Å². The first-order valence-electron chi connectivity index (χ1n) is 9.76. The van der Waals surface area contributed by atoms with Crippen molar-refractivity contribution >= 4 is 13.3 Å². The van der Waals surface area contributed by atoms with Crippen LogP contribution in [0, 0.1) is 0 Å². The van der Waals surface area contributed by atoms with E-state index in [1.165, 1.54) is 83.5 Å². The summed E-state index contributed by atoms with van der Waals surface area (Å²) in [6, 6.07) is 0. The standard InChI is InChI=1S/C18H36O2.Ag.BH3O3/c1-2-3-4-5-6-7-8-9-10-11-12-13-14-15-16-17-18(19)20;;2-1(3)4/h2-17H2,1H3,(H,19,20);;2-4H. The van der Waals surface area contributed by atoms with Gasteiger partial charge in [0.15, 0.2) is 0 Å². The largest absolute Gasteiger partial charge is 0.631 e. The van der Waals surface area contributed by atoms with Crippen molar-refractivity contribution in [3.63, 3.8) is 0 Å². The van der Waals surface area contributed by atoms with E-state index in [1.807, 2.05) is 0 Å². The topological polar surface area (TPSA) is 98.0 Å². The maximum Gasteiger partial charge on any atom is 0.631 e. The molecular formula is C18H39AgBO5. The van der Waals surface area contributed by atoms with E-state index in [0.717, 1.165) is 12.8 Å². The fourth-order valence-electron chi connectivity index (χ4n) is 2.65. The molecule has 0 aromatic heterocycles. The zero-order valence-electron chi connectivity index (χ0n) is 15.9. The van der Waals surface area contributed by atoms with Crippen molar-refractivity contribution in [2.24, 2.45) is 0 Å². The Labute approximate surface area is 170 Å². The van der Waals surface area contributed by atoms with Crippen LogP contribution in [0.5, 0.6) is 0 Å². The SMILES string of the molecule is CCCCCCCCCCCCCCCCCC(=O)O.OB(O)O.[Ag]. The van der Waals surface area contributed by atoms with Gasteiger partial charge in [-0.2, -0.15) is 0 Å². The Morgan fingerprint density at radius 1 is 0.640 bits per heavy atom. The molecule has 0 spiro atoms. The van der Waals surface area contributed by atoms with Crippen LogP contribution in [0.25, 0.3) is 0 Å². The van der Waals surface area contributed by atoms with E-state index in [2.05, 4.69) is 6.92 Å². The van der Waals surface area contributed by atoms with Gasteiger partial charge in [-0.1, -0.05) is 96.8 Å². The molecule has 4 N–H and O–H groups in total. The van der Waals surface area contributed by atoms with Crippen LogP contribution in [0.4, 0.5) is 0 Å². The van der Waals surface area contributed by atoms with E-state index in [0.29, 0.717) is 6.42 Å². The zero-order chi connectivity index (χ0) is 18.5. The summed E-state index contributed by atoms with van der Waals surface area (Å²) in [5, 5.41) is 30.0. The van der Waals surface area contributed by atoms with Crippen LogP contribution < -0.4 is 0 Å². The molecule has 0 unspecified atom stereocenters. The Kier molecular flexibility index (Phi) is 31.6. The molecule has 0 aliphatic heterocycles. The third-order valence-electron chi connectivity index (χ3n) is 3.99. The van der Waals surface area contributed by atoms with Gasteiger partial charge in [0.2, 0.25) is 0 Å². The van der Waals surface area contributed by atoms with Crippen LogP contribution in [0.1, 0.15) is 110 Å². The Morgan fingerprint density at radius 2 is 0.880 bits per heavy atom. The predicted molar refractivity (Wildman–Crippen MR) is 99.6 cm³/mol. The van der Waals surface area contributed by atoms with Crippen molar-refractivity contribution in [3.05, 3.63) is 0 Å². The quantitative estimate of drug-likeness (QED) is 0.206. The number of rotatable bonds is 16. The van der Waals surface area contributed by atoms with Gasteiger partial charge in [-0.05, 0) is 6.42 Å². The Morgan fingerprint density at radius 3 is 1.12 bits per heavy atom. The third kappa shape index (κ3) is 40.3. The van der Waals surface area contributed by atoms with Gasteiger partial charge in [0.1, 0.15) is 0 Å². The molecule has 0 rings (SSSR count). The zero-order valence-corrected chi connectivity index (χ0v) is 17.4. The van der Waals surface area contributed by atoms with Gasteiger partial charge in [-0.25, -0.2) is 0 Å². The van der Waals surface area contributed by atoms with Crippen LogP contribution in [0.15, 0.2) is 0 Å². The van der Waals surface area contributed by atoms with Crippen molar-refractivity contribution < 1.29 is 47.4 Å². The predicted octanol–water partition coefficient (Wildman–Crippen LogP) is 4.28. The van der Waals surface area contributed by atoms with Crippen LogP contribution in [-0.4, -0.2) is 33.5 Å². The fraction of sp³-hybridized carbons (Fsp3) is 0.944. The Hall–Kier alpha value is 0.155. The van der Waals surface area contributed by atoms with Crippen LogP contribution in [0.2, 0.25) is 0 Å². The normalized spacial score (nSPS) is 9.76. The molecule has 7 heteroatoms. The van der Waals surface area contributed by atoms with Crippen LogP contribution >= 0.6 is 0 Å². The van der Waals surface area contributed by atoms with E-state index < -0.39 is 13.3 Å². The number of carbonyl (C=O) groups is 1. The van der Waals surface area contributed by atoms with Gasteiger partial charge >= 0.3 is 13.3 Å². The van der Waals surface area contributed by atoms with Crippen molar-refractivity contribution in [2.75, 3.05) is 0 Å². The molecule has 0 aliphatic rings. The first-order chi connectivity index (χ1) is 11.5. The summed E-state index contributed by atoms with van der Waals surface area (Å²) in [7, 11) is -2.17. The maximum atomic E-state index is 10.3. The molecule has 0 heterocycles. The Balaban J connectivity index is -0.000000867. The number of hydrogen-bond acceptors (Lipinski definition) is 4. The minimum Gasteiger partial charge on any atom is -0.481 e. The molecule has 0 atom stereocenters. The summed E-state index contributed by atoms with van der Waals surface area (Å²) in [6.45, 7) is 2.27. The van der Waals surface area contributed by atoms with E-state index in [1.54, 1.807) is 0 Å². The van der Waals surface area contributed by atoms with Gasteiger partial charge in [0, 0.05) is 28.8 Å². The number of carboxylic acid groups (broad SMARTS) is 1. The molecule has 25 heavy (non-hydrogen) atoms. The van der Waals surface area contributed by atoms with Crippen molar-refractivity contribution in [2.45, 2.75) is 110 Å². The van der Waals surface area contributed by atoms with E-state index in [-0.39, 0.29) is 22.4 Å². The van der Waals surface area contributed by atoms with Gasteiger partial charge in [0.05, 0.1) is 0 Å².